The number of aromatic nitrogens is 4. The molecule has 1 aromatic carbocycles. The van der Waals surface area contributed by atoms with Crippen molar-refractivity contribution in [2.24, 2.45) is 7.05 Å². The maximum absolute atomic E-state index is 13.0. The van der Waals surface area contributed by atoms with E-state index in [1.165, 1.54) is 0 Å². The van der Waals surface area contributed by atoms with Gasteiger partial charge < -0.3 is 14.7 Å². The molecule has 2 aromatic heterocycles. The third-order valence-corrected chi connectivity index (χ3v) is 5.15. The Labute approximate surface area is 170 Å². The quantitative estimate of drug-likeness (QED) is 0.677. The van der Waals surface area contributed by atoms with Crippen molar-refractivity contribution < 1.29 is 4.79 Å². The van der Waals surface area contributed by atoms with Crippen LogP contribution in [-0.4, -0.2) is 71.1 Å². The van der Waals surface area contributed by atoms with Gasteiger partial charge in [-0.2, -0.15) is 5.10 Å². The Hall–Kier alpha value is -3.42. The third-order valence-electron chi connectivity index (χ3n) is 5.15. The largest absolute Gasteiger partial charge is 0.361 e. The van der Waals surface area contributed by atoms with Crippen LogP contribution < -0.4 is 9.80 Å². The molecule has 1 aliphatic rings. The van der Waals surface area contributed by atoms with Gasteiger partial charge in [-0.3, -0.25) is 9.48 Å². The molecule has 1 amide bonds. The average Bonchev–Trinajstić information content (AvgIpc) is 3.15. The molecule has 3 heterocycles. The summed E-state index contributed by atoms with van der Waals surface area (Å²) in [5.74, 6) is 1.68. The average molecular weight is 391 g/mol. The van der Waals surface area contributed by atoms with Gasteiger partial charge >= 0.3 is 0 Å². The minimum atomic E-state index is 0.0101. The second kappa shape index (κ2) is 7.90. The lowest BCUT2D eigenvalue weighted by molar-refractivity contribution is 0.0735. The Bertz CT molecular complexity index is 974. The van der Waals surface area contributed by atoms with Crippen LogP contribution in [0.25, 0.3) is 11.3 Å². The van der Waals surface area contributed by atoms with Crippen molar-refractivity contribution in [3.63, 3.8) is 0 Å². The van der Waals surface area contributed by atoms with Gasteiger partial charge in [-0.1, -0.05) is 30.3 Å². The number of benzene rings is 1. The first-order chi connectivity index (χ1) is 14.0. The fraction of sp³-hybridized carbons (Fsp3) is 0.333. The van der Waals surface area contributed by atoms with Gasteiger partial charge in [-0.15, -0.1) is 10.2 Å². The summed E-state index contributed by atoms with van der Waals surface area (Å²) in [4.78, 5) is 19.0. The number of nitrogens with zero attached hydrogens (tertiary/aromatic N) is 7. The molecular weight excluding hydrogens is 366 g/mol. The van der Waals surface area contributed by atoms with Crippen LogP contribution in [0.5, 0.6) is 0 Å². The zero-order chi connectivity index (χ0) is 20.4. The normalized spacial score (nSPS) is 14.2. The zero-order valence-corrected chi connectivity index (χ0v) is 17.0. The highest BCUT2D eigenvalue weighted by molar-refractivity contribution is 5.94. The smallest absolute Gasteiger partial charge is 0.272 e. The number of carbonyl (C=O) groups is 1. The van der Waals surface area contributed by atoms with Crippen molar-refractivity contribution in [3.8, 4) is 11.3 Å². The molecular formula is C21H25N7O. The summed E-state index contributed by atoms with van der Waals surface area (Å²) in [6.45, 7) is 2.74. The number of hydrogen-bond acceptors (Lipinski definition) is 6. The first-order valence-electron chi connectivity index (χ1n) is 9.67. The summed E-state index contributed by atoms with van der Waals surface area (Å²) < 4.78 is 1.67. The zero-order valence-electron chi connectivity index (χ0n) is 17.0. The lowest BCUT2D eigenvalue weighted by Gasteiger charge is -2.35. The van der Waals surface area contributed by atoms with Crippen molar-refractivity contribution in [2.45, 2.75) is 0 Å². The molecule has 0 bridgehead atoms. The van der Waals surface area contributed by atoms with E-state index in [1.54, 1.807) is 4.68 Å². The Morgan fingerprint density at radius 3 is 2.31 bits per heavy atom. The van der Waals surface area contributed by atoms with Crippen LogP contribution in [0.3, 0.4) is 0 Å². The first kappa shape index (κ1) is 18.9. The van der Waals surface area contributed by atoms with E-state index >= 15 is 0 Å². The molecule has 0 aliphatic carbocycles. The summed E-state index contributed by atoms with van der Waals surface area (Å²) in [6, 6.07) is 15.7. The standard InChI is InChI=1S/C21H25N7O/c1-25(2)19-9-10-20(23-22-19)27-11-13-28(14-12-27)21(29)18-15-17(24-26(18)3)16-7-5-4-6-8-16/h4-10,15H,11-14H2,1-3H3. The van der Waals surface area contributed by atoms with E-state index in [0.717, 1.165) is 36.0 Å². The Kier molecular flexibility index (Phi) is 5.16. The number of anilines is 2. The summed E-state index contributed by atoms with van der Waals surface area (Å²) in [5, 5.41) is 13.1. The number of hydrogen-bond donors (Lipinski definition) is 0. The summed E-state index contributed by atoms with van der Waals surface area (Å²) in [5.41, 5.74) is 2.42. The van der Waals surface area contributed by atoms with Gasteiger partial charge in [0.2, 0.25) is 0 Å². The molecule has 1 saturated heterocycles. The summed E-state index contributed by atoms with van der Waals surface area (Å²) in [7, 11) is 5.70. The molecule has 8 nitrogen and oxygen atoms in total. The van der Waals surface area contributed by atoms with Gasteiger partial charge in [0.15, 0.2) is 11.6 Å². The predicted octanol–water partition coefficient (Wildman–Crippen LogP) is 1.91. The van der Waals surface area contributed by atoms with Crippen LogP contribution in [0.1, 0.15) is 10.5 Å². The number of rotatable bonds is 4. The lowest BCUT2D eigenvalue weighted by Crippen LogP contribution is -2.49. The van der Waals surface area contributed by atoms with E-state index in [0.29, 0.717) is 18.8 Å². The van der Waals surface area contributed by atoms with E-state index in [2.05, 4.69) is 20.2 Å². The maximum Gasteiger partial charge on any atom is 0.272 e. The fourth-order valence-electron chi connectivity index (χ4n) is 3.44. The van der Waals surface area contributed by atoms with E-state index in [9.17, 15) is 4.79 Å². The first-order valence-corrected chi connectivity index (χ1v) is 9.67. The van der Waals surface area contributed by atoms with Crippen LogP contribution in [0, 0.1) is 0 Å². The molecule has 8 heteroatoms. The second-order valence-electron chi connectivity index (χ2n) is 7.33. The summed E-state index contributed by atoms with van der Waals surface area (Å²) in [6.07, 6.45) is 0. The fourth-order valence-corrected chi connectivity index (χ4v) is 3.44. The number of amides is 1. The molecule has 29 heavy (non-hydrogen) atoms. The molecule has 0 spiro atoms. The minimum Gasteiger partial charge on any atom is -0.361 e. The molecule has 4 rings (SSSR count). The monoisotopic (exact) mass is 391 g/mol. The van der Waals surface area contributed by atoms with Crippen molar-refractivity contribution >= 4 is 17.5 Å². The molecule has 150 valence electrons. The van der Waals surface area contributed by atoms with Crippen LogP contribution in [0.4, 0.5) is 11.6 Å². The van der Waals surface area contributed by atoms with E-state index in [4.69, 9.17) is 0 Å². The summed E-state index contributed by atoms with van der Waals surface area (Å²) >= 11 is 0. The van der Waals surface area contributed by atoms with Crippen LogP contribution in [-0.2, 0) is 7.05 Å². The van der Waals surface area contributed by atoms with Gasteiger partial charge in [0.05, 0.1) is 5.69 Å². The predicted molar refractivity (Wildman–Crippen MR) is 113 cm³/mol. The Morgan fingerprint density at radius 1 is 0.966 bits per heavy atom. The Morgan fingerprint density at radius 2 is 1.69 bits per heavy atom. The van der Waals surface area contributed by atoms with E-state index < -0.39 is 0 Å². The highest BCUT2D eigenvalue weighted by Gasteiger charge is 2.25. The van der Waals surface area contributed by atoms with Crippen LogP contribution in [0.15, 0.2) is 48.5 Å². The lowest BCUT2D eigenvalue weighted by atomic mass is 10.1. The van der Waals surface area contributed by atoms with Gasteiger partial charge in [0, 0.05) is 52.9 Å². The molecule has 0 unspecified atom stereocenters. The van der Waals surface area contributed by atoms with Gasteiger partial charge in [-0.05, 0) is 18.2 Å². The van der Waals surface area contributed by atoms with Gasteiger partial charge in [0.1, 0.15) is 5.69 Å². The molecule has 3 aromatic rings. The molecule has 0 N–H and O–H groups in total. The van der Waals surface area contributed by atoms with Crippen LogP contribution in [0.2, 0.25) is 0 Å². The minimum absolute atomic E-state index is 0.0101. The van der Waals surface area contributed by atoms with E-state index in [1.807, 2.05) is 79.5 Å². The van der Waals surface area contributed by atoms with Crippen molar-refractivity contribution in [3.05, 3.63) is 54.2 Å². The number of piperazine rings is 1. The maximum atomic E-state index is 13.0. The topological polar surface area (TPSA) is 70.4 Å². The van der Waals surface area contributed by atoms with Gasteiger partial charge in [0.25, 0.3) is 5.91 Å². The molecule has 0 saturated carbocycles. The van der Waals surface area contributed by atoms with Crippen LogP contribution >= 0.6 is 0 Å². The number of carbonyl (C=O) groups excluding carboxylic acids is 1. The third kappa shape index (κ3) is 3.91. The molecule has 0 atom stereocenters. The van der Waals surface area contributed by atoms with Gasteiger partial charge in [-0.25, -0.2) is 0 Å². The van der Waals surface area contributed by atoms with E-state index in [-0.39, 0.29) is 5.91 Å². The van der Waals surface area contributed by atoms with Crippen molar-refractivity contribution in [2.75, 3.05) is 50.1 Å². The molecule has 1 aliphatic heterocycles. The van der Waals surface area contributed by atoms with Crippen molar-refractivity contribution in [1.29, 1.82) is 0 Å². The second-order valence-corrected chi connectivity index (χ2v) is 7.33. The highest BCUT2D eigenvalue weighted by atomic mass is 16.2. The molecule has 0 radical (unpaired) electrons. The highest BCUT2D eigenvalue weighted by Crippen LogP contribution is 2.20. The Balaban J connectivity index is 1.42. The molecule has 1 fully saturated rings. The van der Waals surface area contributed by atoms with Crippen molar-refractivity contribution in [1.82, 2.24) is 24.9 Å². The SMILES string of the molecule is CN(C)c1ccc(N2CCN(C(=O)c3cc(-c4ccccc4)nn3C)CC2)nn1. The number of aryl methyl sites for hydroxylation is 1.